The highest BCUT2D eigenvalue weighted by molar-refractivity contribution is 7.88. The average molecular weight is 661 g/mol. The number of ether oxygens (including phenoxy) is 1. The summed E-state index contributed by atoms with van der Waals surface area (Å²) in [5.74, 6) is 0.442. The van der Waals surface area contributed by atoms with Gasteiger partial charge < -0.3 is 24.1 Å². The molecule has 6 rings (SSSR count). The normalized spacial score (nSPS) is 21.4. The maximum Gasteiger partial charge on any atom is 0.534 e. The van der Waals surface area contributed by atoms with Gasteiger partial charge in [0.1, 0.15) is 17.6 Å². The van der Waals surface area contributed by atoms with Crippen molar-refractivity contribution in [1.82, 2.24) is 20.2 Å². The van der Waals surface area contributed by atoms with Crippen LogP contribution in [0.3, 0.4) is 0 Å². The fraction of sp³-hybridized carbons (Fsp3) is 0.469. The number of likely N-dealkylation sites (tertiary alicyclic amines) is 1. The minimum Gasteiger partial charge on any atom is -0.453 e. The summed E-state index contributed by atoms with van der Waals surface area (Å²) in [5.41, 5.74) is -0.839. The number of fused-ring (bicyclic) bond motifs is 3. The van der Waals surface area contributed by atoms with Crippen molar-refractivity contribution in [2.75, 3.05) is 13.7 Å². The Morgan fingerprint density at radius 2 is 1.78 bits per heavy atom. The monoisotopic (exact) mass is 660 g/mol. The average Bonchev–Trinajstić information content (AvgIpc) is 3.73. The number of alkyl carbamates (subject to hydrolysis) is 1. The van der Waals surface area contributed by atoms with Gasteiger partial charge in [0.15, 0.2) is 0 Å². The first-order valence-corrected chi connectivity index (χ1v) is 16.7. The zero-order valence-electron chi connectivity index (χ0n) is 25.6. The Morgan fingerprint density at radius 3 is 2.41 bits per heavy atom. The van der Waals surface area contributed by atoms with Crippen molar-refractivity contribution in [2.24, 2.45) is 11.8 Å². The second-order valence-electron chi connectivity index (χ2n) is 12.4. The Hall–Kier alpha value is -4.07. The molecule has 3 aliphatic rings. The van der Waals surface area contributed by atoms with E-state index in [2.05, 4.69) is 19.5 Å². The van der Waals surface area contributed by atoms with Crippen LogP contribution >= 0.6 is 0 Å². The molecule has 246 valence electrons. The number of nitrogens with one attached hydrogen (secondary N) is 2. The Balaban J connectivity index is 1.23. The first kappa shape index (κ1) is 31.9. The molecule has 1 aromatic heterocycles. The van der Waals surface area contributed by atoms with Crippen molar-refractivity contribution in [1.29, 1.82) is 0 Å². The molecule has 1 aliphatic heterocycles. The number of nitrogens with zero attached hydrogens (tertiary/aromatic N) is 2. The molecule has 1 saturated carbocycles. The number of imidazole rings is 1. The summed E-state index contributed by atoms with van der Waals surface area (Å²) in [6.07, 6.45) is 4.84. The number of methoxy groups -OCH3 is 1. The van der Waals surface area contributed by atoms with E-state index in [4.69, 9.17) is 4.74 Å². The van der Waals surface area contributed by atoms with E-state index in [9.17, 15) is 31.2 Å². The fourth-order valence-electron chi connectivity index (χ4n) is 6.90. The number of H-pyrrole nitrogens is 1. The minimum absolute atomic E-state index is 0.146. The number of aromatic nitrogens is 2. The molecule has 2 N–H and O–H groups in total. The molecule has 2 amide bonds. The van der Waals surface area contributed by atoms with Gasteiger partial charge in [0.05, 0.1) is 25.0 Å². The molecule has 0 radical (unpaired) electrons. The SMILES string of the molecule is COC(=O)N[C@H](C(=O)N1CCC[C@H]1c1ncc(-c2ccc(-c3ccc(OS(=O)(=O)C(F)(F)F)c4c3C3CCC3C4)cc2)[nH]1)C(C)C. The van der Waals surface area contributed by atoms with Gasteiger partial charge in [-0.15, -0.1) is 0 Å². The summed E-state index contributed by atoms with van der Waals surface area (Å²) < 4.78 is 72.0. The summed E-state index contributed by atoms with van der Waals surface area (Å²) in [6.45, 7) is 4.26. The second kappa shape index (κ2) is 11.9. The molecule has 2 fully saturated rings. The van der Waals surface area contributed by atoms with E-state index in [1.807, 2.05) is 38.1 Å². The Kier molecular flexibility index (Phi) is 8.28. The first-order chi connectivity index (χ1) is 21.8. The predicted molar refractivity (Wildman–Crippen MR) is 162 cm³/mol. The Labute approximate surface area is 264 Å². The van der Waals surface area contributed by atoms with Gasteiger partial charge in [0.2, 0.25) is 5.91 Å². The van der Waals surface area contributed by atoms with Crippen LogP contribution in [0.15, 0.2) is 42.6 Å². The van der Waals surface area contributed by atoms with Gasteiger partial charge >= 0.3 is 21.7 Å². The van der Waals surface area contributed by atoms with Gasteiger partial charge in [-0.25, -0.2) is 9.78 Å². The van der Waals surface area contributed by atoms with Gasteiger partial charge in [-0.05, 0) is 78.2 Å². The van der Waals surface area contributed by atoms with E-state index < -0.39 is 27.8 Å². The second-order valence-corrected chi connectivity index (χ2v) is 14.0. The quantitative estimate of drug-likeness (QED) is 0.222. The molecule has 0 spiro atoms. The number of amides is 2. The van der Waals surface area contributed by atoms with Crippen LogP contribution < -0.4 is 9.50 Å². The molecule has 4 atom stereocenters. The van der Waals surface area contributed by atoms with Crippen LogP contribution in [0.1, 0.15) is 68.4 Å². The predicted octanol–water partition coefficient (Wildman–Crippen LogP) is 6.07. The fourth-order valence-corrected chi connectivity index (χ4v) is 7.39. The number of carbonyl (C=O) groups excluding carboxylic acids is 2. The van der Waals surface area contributed by atoms with Crippen molar-refractivity contribution in [2.45, 2.75) is 69.5 Å². The molecule has 2 heterocycles. The molecule has 10 nitrogen and oxygen atoms in total. The van der Waals surface area contributed by atoms with Crippen LogP contribution in [-0.4, -0.2) is 60.5 Å². The lowest BCUT2D eigenvalue weighted by atomic mass is 9.73. The van der Waals surface area contributed by atoms with Crippen LogP contribution in [0, 0.1) is 11.8 Å². The first-order valence-electron chi connectivity index (χ1n) is 15.3. The highest BCUT2D eigenvalue weighted by Gasteiger charge is 2.50. The lowest BCUT2D eigenvalue weighted by molar-refractivity contribution is -0.135. The lowest BCUT2D eigenvalue weighted by Crippen LogP contribution is -2.51. The zero-order valence-corrected chi connectivity index (χ0v) is 26.4. The standard InChI is InChI=1S/C32H35F3N4O6S/c1-17(2)28(38-31(41)44-3)30(40)39-14-4-5-25(39)29-36-16-24(37-29)19-8-6-18(7-9-19)21-12-13-26(45-46(42,43)32(33,34)35)23-15-20-10-11-22(20)27(21)23/h6-9,12-13,16-17,20,22,25,28H,4-5,10-11,14-15H2,1-3H3,(H,36,37)(H,38,41)/t20?,22?,25-,28-/m0/s1. The van der Waals surface area contributed by atoms with Gasteiger partial charge in [-0.1, -0.05) is 44.2 Å². The van der Waals surface area contributed by atoms with Crippen LogP contribution in [0.5, 0.6) is 5.75 Å². The topological polar surface area (TPSA) is 131 Å². The van der Waals surface area contributed by atoms with Crippen molar-refractivity contribution in [3.05, 3.63) is 59.5 Å². The Morgan fingerprint density at radius 1 is 1.07 bits per heavy atom. The Bertz CT molecular complexity index is 1760. The summed E-state index contributed by atoms with van der Waals surface area (Å²) in [7, 11) is -4.53. The maximum absolute atomic E-state index is 13.5. The van der Waals surface area contributed by atoms with Gasteiger partial charge in [0.25, 0.3) is 0 Å². The minimum atomic E-state index is -5.78. The van der Waals surface area contributed by atoms with Crippen molar-refractivity contribution in [3.63, 3.8) is 0 Å². The summed E-state index contributed by atoms with van der Waals surface area (Å²) in [4.78, 5) is 35.0. The number of halogens is 3. The molecule has 1 saturated heterocycles. The van der Waals surface area contributed by atoms with E-state index in [1.54, 1.807) is 17.2 Å². The van der Waals surface area contributed by atoms with Crippen molar-refractivity contribution in [3.8, 4) is 28.1 Å². The van der Waals surface area contributed by atoms with E-state index in [1.165, 1.54) is 13.2 Å². The van der Waals surface area contributed by atoms with Crippen LogP contribution in [0.25, 0.3) is 22.4 Å². The third kappa shape index (κ3) is 5.71. The largest absolute Gasteiger partial charge is 0.534 e. The molecular weight excluding hydrogens is 625 g/mol. The molecule has 2 aliphatic carbocycles. The van der Waals surface area contributed by atoms with Crippen LogP contribution in [-0.2, 0) is 26.1 Å². The smallest absolute Gasteiger partial charge is 0.453 e. The molecule has 2 aromatic carbocycles. The molecule has 2 unspecified atom stereocenters. The third-order valence-electron chi connectivity index (χ3n) is 9.40. The molecular formula is C32H35F3N4O6S. The van der Waals surface area contributed by atoms with Gasteiger partial charge in [0, 0.05) is 12.1 Å². The summed E-state index contributed by atoms with van der Waals surface area (Å²) in [6, 6.07) is 9.60. The van der Waals surface area contributed by atoms with Crippen molar-refractivity contribution >= 4 is 22.1 Å². The summed E-state index contributed by atoms with van der Waals surface area (Å²) >= 11 is 0. The molecule has 0 bridgehead atoms. The van der Waals surface area contributed by atoms with Gasteiger partial charge in [-0.2, -0.15) is 21.6 Å². The van der Waals surface area contributed by atoms with Crippen LogP contribution in [0.2, 0.25) is 0 Å². The number of hydrogen-bond donors (Lipinski definition) is 2. The van der Waals surface area contributed by atoms with Crippen LogP contribution in [0.4, 0.5) is 18.0 Å². The van der Waals surface area contributed by atoms with Gasteiger partial charge in [-0.3, -0.25) is 4.79 Å². The zero-order chi connectivity index (χ0) is 33.0. The number of aromatic amines is 1. The summed E-state index contributed by atoms with van der Waals surface area (Å²) in [5, 5.41) is 2.65. The number of rotatable bonds is 8. The van der Waals surface area contributed by atoms with E-state index in [0.29, 0.717) is 24.4 Å². The molecule has 46 heavy (non-hydrogen) atoms. The highest BCUT2D eigenvalue weighted by Crippen LogP contribution is 2.56. The van der Waals surface area contributed by atoms with Crippen molar-refractivity contribution < 1.29 is 40.1 Å². The third-order valence-corrected chi connectivity index (χ3v) is 10.4. The highest BCUT2D eigenvalue weighted by atomic mass is 32.2. The number of benzene rings is 2. The maximum atomic E-state index is 13.5. The molecule has 3 aromatic rings. The molecule has 14 heteroatoms. The number of carbonyl (C=O) groups is 2. The number of alkyl halides is 3. The van der Waals surface area contributed by atoms with E-state index in [0.717, 1.165) is 53.6 Å². The van der Waals surface area contributed by atoms with E-state index in [-0.39, 0.29) is 35.5 Å². The lowest BCUT2D eigenvalue weighted by Gasteiger charge is -2.31. The number of hydrogen-bond acceptors (Lipinski definition) is 7. The van der Waals surface area contributed by atoms with E-state index >= 15 is 0 Å².